The second kappa shape index (κ2) is 13.2. The SMILES string of the molecule is C.C.C=NP(=O)(CC)OC.C=NP(=O)(CC)OC. The molecule has 0 aliphatic heterocycles. The van der Waals surface area contributed by atoms with Gasteiger partial charge in [-0.15, -0.1) is 0 Å². The Kier molecular flexibility index (Phi) is 19.2. The van der Waals surface area contributed by atoms with Gasteiger partial charge < -0.3 is 9.05 Å². The maximum atomic E-state index is 10.9. The van der Waals surface area contributed by atoms with Crippen LogP contribution in [0.5, 0.6) is 0 Å². The van der Waals surface area contributed by atoms with Crippen LogP contribution < -0.4 is 0 Å². The Morgan fingerprint density at radius 3 is 1.11 bits per heavy atom. The highest BCUT2D eigenvalue weighted by atomic mass is 31.2. The Balaban J connectivity index is -0.0000000980. The first-order valence-corrected chi connectivity index (χ1v) is 8.15. The van der Waals surface area contributed by atoms with Gasteiger partial charge >= 0.3 is 15.0 Å². The molecule has 0 bridgehead atoms. The summed E-state index contributed by atoms with van der Waals surface area (Å²) in [5.41, 5.74) is 0. The van der Waals surface area contributed by atoms with Crippen molar-refractivity contribution in [2.24, 2.45) is 9.53 Å². The molecule has 8 heteroatoms. The van der Waals surface area contributed by atoms with Crippen molar-refractivity contribution in [1.82, 2.24) is 0 Å². The first-order valence-electron chi connectivity index (χ1n) is 4.63. The fourth-order valence-corrected chi connectivity index (χ4v) is 1.72. The van der Waals surface area contributed by atoms with Gasteiger partial charge in [-0.1, -0.05) is 28.7 Å². The first kappa shape index (κ1) is 26.3. The summed E-state index contributed by atoms with van der Waals surface area (Å²) >= 11 is 0. The summed E-state index contributed by atoms with van der Waals surface area (Å²) in [4.78, 5) is 0. The Morgan fingerprint density at radius 1 is 0.889 bits per heavy atom. The molecule has 0 aliphatic carbocycles. The van der Waals surface area contributed by atoms with Crippen LogP contribution in [0.2, 0.25) is 0 Å². The summed E-state index contributed by atoms with van der Waals surface area (Å²) in [6.07, 6.45) is 0.847. The minimum Gasteiger partial charge on any atom is -0.316 e. The van der Waals surface area contributed by atoms with Gasteiger partial charge in [0.2, 0.25) is 0 Å². The third kappa shape index (κ3) is 10.8. The predicted molar refractivity (Wildman–Crippen MR) is 82.9 cm³/mol. The molecule has 0 saturated heterocycles. The zero-order valence-corrected chi connectivity index (χ0v) is 12.0. The van der Waals surface area contributed by atoms with E-state index in [1.54, 1.807) is 13.8 Å². The second-order valence-electron chi connectivity index (χ2n) is 2.56. The fourth-order valence-electron chi connectivity index (χ4n) is 0.574. The molecule has 6 nitrogen and oxygen atoms in total. The van der Waals surface area contributed by atoms with E-state index in [1.807, 2.05) is 0 Å². The molecule has 0 aromatic carbocycles. The topological polar surface area (TPSA) is 77.3 Å². The molecular weight excluding hydrogens is 274 g/mol. The normalized spacial score (nSPS) is 15.3. The molecular formula is C10H28N2O4P2. The highest BCUT2D eigenvalue weighted by Crippen LogP contribution is 2.46. The van der Waals surface area contributed by atoms with Gasteiger partial charge in [0, 0.05) is 26.5 Å². The van der Waals surface area contributed by atoms with Gasteiger partial charge in [-0.25, -0.2) is 9.53 Å². The van der Waals surface area contributed by atoms with Gasteiger partial charge in [-0.2, -0.15) is 0 Å². The Labute approximate surface area is 112 Å². The third-order valence-electron chi connectivity index (χ3n) is 1.80. The Hall–Kier alpha value is -0.280. The van der Waals surface area contributed by atoms with Gasteiger partial charge in [0.25, 0.3) is 0 Å². The number of hydrogen-bond acceptors (Lipinski definition) is 4. The Morgan fingerprint density at radius 2 is 1.11 bits per heavy atom. The van der Waals surface area contributed by atoms with Crippen molar-refractivity contribution >= 4 is 28.5 Å². The molecule has 0 aromatic rings. The summed E-state index contributed by atoms with van der Waals surface area (Å²) in [6, 6.07) is 0. The van der Waals surface area contributed by atoms with Crippen LogP contribution in [-0.4, -0.2) is 40.0 Å². The van der Waals surface area contributed by atoms with Crippen LogP contribution in [0, 0.1) is 0 Å². The second-order valence-corrected chi connectivity index (χ2v) is 7.67. The zero-order valence-electron chi connectivity index (χ0n) is 10.3. The molecule has 0 radical (unpaired) electrons. The quantitative estimate of drug-likeness (QED) is 0.539. The van der Waals surface area contributed by atoms with Gasteiger partial charge in [0.05, 0.1) is 0 Å². The van der Waals surface area contributed by atoms with Crippen molar-refractivity contribution in [3.8, 4) is 0 Å². The van der Waals surface area contributed by atoms with Gasteiger partial charge in [-0.05, 0) is 13.4 Å². The van der Waals surface area contributed by atoms with Crippen molar-refractivity contribution < 1.29 is 18.2 Å². The molecule has 0 rings (SSSR count). The highest BCUT2D eigenvalue weighted by molar-refractivity contribution is 7.57. The van der Waals surface area contributed by atoms with E-state index in [2.05, 4.69) is 32.0 Å². The number of hydrogen-bond donors (Lipinski definition) is 0. The van der Waals surface area contributed by atoms with E-state index in [4.69, 9.17) is 0 Å². The molecule has 0 heterocycles. The van der Waals surface area contributed by atoms with Crippen LogP contribution in [0.25, 0.3) is 0 Å². The number of rotatable bonds is 6. The third-order valence-corrected chi connectivity index (χ3v) is 5.40. The van der Waals surface area contributed by atoms with E-state index < -0.39 is 15.0 Å². The predicted octanol–water partition coefficient (Wildman–Crippen LogP) is 4.37. The molecule has 18 heavy (non-hydrogen) atoms. The van der Waals surface area contributed by atoms with E-state index in [0.29, 0.717) is 12.3 Å². The van der Waals surface area contributed by atoms with Crippen LogP contribution in [0.4, 0.5) is 0 Å². The van der Waals surface area contributed by atoms with Crippen LogP contribution in [0.3, 0.4) is 0 Å². The standard InChI is InChI=1S/2C4H10NO2P.2CH4/c2*1-4-8(6,5-2)7-3;;/h2*2,4H2,1,3H3;2*1H4. The van der Waals surface area contributed by atoms with Crippen LogP contribution in [0.15, 0.2) is 9.53 Å². The van der Waals surface area contributed by atoms with Crippen molar-refractivity contribution in [2.45, 2.75) is 28.7 Å². The number of nitrogens with zero attached hydrogens (tertiary/aromatic N) is 2. The summed E-state index contributed by atoms with van der Waals surface area (Å²) in [7, 11) is -2.55. The lowest BCUT2D eigenvalue weighted by atomic mass is 11.0. The average Bonchev–Trinajstić information content (AvgIpc) is 2.37. The monoisotopic (exact) mass is 302 g/mol. The van der Waals surface area contributed by atoms with Gasteiger partial charge in [-0.3, -0.25) is 9.13 Å². The van der Waals surface area contributed by atoms with Crippen molar-refractivity contribution in [3.05, 3.63) is 0 Å². The minimum absolute atomic E-state index is 0. The molecule has 0 aromatic heterocycles. The molecule has 0 aliphatic rings. The molecule has 0 fully saturated rings. The molecule has 0 spiro atoms. The van der Waals surface area contributed by atoms with Gasteiger partial charge in [0.15, 0.2) is 0 Å². The summed E-state index contributed by atoms with van der Waals surface area (Å²) in [5, 5.41) is 0. The molecule has 2 atom stereocenters. The van der Waals surface area contributed by atoms with E-state index in [1.165, 1.54) is 14.2 Å². The van der Waals surface area contributed by atoms with E-state index in [9.17, 15) is 9.13 Å². The lowest BCUT2D eigenvalue weighted by molar-refractivity contribution is 0.395. The van der Waals surface area contributed by atoms with Crippen LogP contribution in [-0.2, 0) is 18.2 Å². The van der Waals surface area contributed by atoms with Crippen molar-refractivity contribution in [2.75, 3.05) is 26.5 Å². The average molecular weight is 302 g/mol. The van der Waals surface area contributed by atoms with Gasteiger partial charge in [0.1, 0.15) is 0 Å². The fraction of sp³-hybridized carbons (Fsp3) is 0.800. The highest BCUT2D eigenvalue weighted by Gasteiger charge is 2.13. The van der Waals surface area contributed by atoms with Crippen LogP contribution >= 0.6 is 15.0 Å². The largest absolute Gasteiger partial charge is 0.316 e. The molecule has 0 N–H and O–H groups in total. The Bertz CT molecular complexity index is 262. The van der Waals surface area contributed by atoms with Crippen LogP contribution in [0.1, 0.15) is 28.7 Å². The zero-order chi connectivity index (χ0) is 13.2. The van der Waals surface area contributed by atoms with Crippen molar-refractivity contribution in [1.29, 1.82) is 0 Å². The van der Waals surface area contributed by atoms with Crippen molar-refractivity contribution in [3.63, 3.8) is 0 Å². The molecule has 0 saturated carbocycles. The minimum atomic E-state index is -2.65. The lowest BCUT2D eigenvalue weighted by Crippen LogP contribution is -1.82. The summed E-state index contributed by atoms with van der Waals surface area (Å²) < 4.78 is 37.5. The molecule has 112 valence electrons. The van der Waals surface area contributed by atoms with E-state index >= 15 is 0 Å². The van der Waals surface area contributed by atoms with E-state index in [-0.39, 0.29) is 14.9 Å². The lowest BCUT2D eigenvalue weighted by Gasteiger charge is -2.04. The molecule has 0 amide bonds. The summed E-state index contributed by atoms with van der Waals surface area (Å²) in [6.45, 7) is 9.77. The first-order chi connectivity index (χ1) is 7.36. The maximum Gasteiger partial charge on any atom is 0.313 e. The smallest absolute Gasteiger partial charge is 0.313 e. The molecule has 2 unspecified atom stereocenters. The maximum absolute atomic E-state index is 10.9. The summed E-state index contributed by atoms with van der Waals surface area (Å²) in [5.74, 6) is 0. The van der Waals surface area contributed by atoms with E-state index in [0.717, 1.165) is 0 Å².